The highest BCUT2D eigenvalue weighted by Gasteiger charge is 2.19. The molecular formula is C23H20ClN5O3S. The number of anilines is 1. The number of amides is 1. The van der Waals surface area contributed by atoms with Gasteiger partial charge in [0.2, 0.25) is 5.13 Å². The number of ether oxygens (including phenoxy) is 2. The largest absolute Gasteiger partial charge is 0.496 e. The van der Waals surface area contributed by atoms with Crippen LogP contribution in [-0.2, 0) is 0 Å². The lowest BCUT2D eigenvalue weighted by atomic mass is 9.99. The smallest absolute Gasteiger partial charge is 0.296 e. The van der Waals surface area contributed by atoms with E-state index < -0.39 is 0 Å². The lowest BCUT2D eigenvalue weighted by molar-refractivity contribution is 0.102. The molecule has 168 valence electrons. The molecule has 1 aromatic carbocycles. The van der Waals surface area contributed by atoms with Crippen molar-refractivity contribution >= 4 is 34.0 Å². The van der Waals surface area contributed by atoms with E-state index >= 15 is 0 Å². The minimum absolute atomic E-state index is 0.304. The van der Waals surface area contributed by atoms with Crippen molar-refractivity contribution in [2.45, 2.75) is 20.0 Å². The molecule has 33 heavy (non-hydrogen) atoms. The number of aromatic nitrogens is 4. The van der Waals surface area contributed by atoms with Crippen LogP contribution in [0.3, 0.4) is 0 Å². The van der Waals surface area contributed by atoms with Crippen LogP contribution in [0.5, 0.6) is 10.9 Å². The van der Waals surface area contributed by atoms with E-state index in [0.29, 0.717) is 37.9 Å². The van der Waals surface area contributed by atoms with Crippen LogP contribution in [0, 0.1) is 6.92 Å². The van der Waals surface area contributed by atoms with Crippen molar-refractivity contribution in [3.05, 3.63) is 76.8 Å². The zero-order valence-corrected chi connectivity index (χ0v) is 19.6. The number of hydrogen-bond acceptors (Lipinski definition) is 8. The van der Waals surface area contributed by atoms with Gasteiger partial charge in [-0.3, -0.25) is 20.1 Å². The fourth-order valence-electron chi connectivity index (χ4n) is 3.14. The van der Waals surface area contributed by atoms with Gasteiger partial charge in [-0.05, 0) is 49.4 Å². The molecule has 4 rings (SSSR count). The lowest BCUT2D eigenvalue weighted by Gasteiger charge is -2.13. The molecule has 0 aliphatic carbocycles. The molecule has 1 unspecified atom stereocenters. The number of nitrogens with one attached hydrogen (secondary N) is 1. The third-order valence-corrected chi connectivity index (χ3v) is 5.71. The Labute approximate surface area is 199 Å². The monoisotopic (exact) mass is 481 g/mol. The van der Waals surface area contributed by atoms with Gasteiger partial charge in [0.25, 0.3) is 11.1 Å². The summed E-state index contributed by atoms with van der Waals surface area (Å²) in [6, 6.07) is 12.9. The van der Waals surface area contributed by atoms with E-state index in [9.17, 15) is 4.79 Å². The number of carbonyl (C=O) groups is 1. The van der Waals surface area contributed by atoms with Gasteiger partial charge >= 0.3 is 0 Å². The summed E-state index contributed by atoms with van der Waals surface area (Å²) in [4.78, 5) is 21.6. The quantitative estimate of drug-likeness (QED) is 0.379. The first-order valence-corrected chi connectivity index (χ1v) is 11.2. The number of benzene rings is 1. The topological polar surface area (TPSA) is 99.1 Å². The Bertz CT molecular complexity index is 1280. The Morgan fingerprint density at radius 2 is 1.91 bits per heavy atom. The number of para-hydroxylation sites is 1. The predicted octanol–water partition coefficient (Wildman–Crippen LogP) is 5.36. The van der Waals surface area contributed by atoms with Crippen LogP contribution < -0.4 is 14.8 Å². The summed E-state index contributed by atoms with van der Waals surface area (Å²) in [5.41, 5.74) is 3.37. The van der Waals surface area contributed by atoms with Crippen molar-refractivity contribution in [1.29, 1.82) is 0 Å². The standard InChI is InChI=1S/C23H20ClN5O3S/c1-13-10-17(16-6-4-5-7-20(16)31-3)18(12-25-13)21(30)27-22-28-29-23(33-22)32-14(2)19-9-8-15(24)11-26-19/h4-12,14H,1-3H3,(H,27,28,30). The first kappa shape index (κ1) is 22.6. The van der Waals surface area contributed by atoms with Crippen molar-refractivity contribution in [3.63, 3.8) is 0 Å². The van der Waals surface area contributed by atoms with E-state index in [1.54, 1.807) is 31.6 Å². The highest BCUT2D eigenvalue weighted by atomic mass is 35.5. The highest BCUT2D eigenvalue weighted by Crippen LogP contribution is 2.33. The molecule has 0 spiro atoms. The van der Waals surface area contributed by atoms with E-state index in [2.05, 4.69) is 25.5 Å². The molecule has 1 N–H and O–H groups in total. The van der Waals surface area contributed by atoms with Crippen LogP contribution >= 0.6 is 22.9 Å². The van der Waals surface area contributed by atoms with Gasteiger partial charge < -0.3 is 9.47 Å². The molecule has 3 heterocycles. The average Bonchev–Trinajstić information content (AvgIpc) is 3.25. The minimum atomic E-state index is -0.364. The summed E-state index contributed by atoms with van der Waals surface area (Å²) in [6.45, 7) is 3.71. The Morgan fingerprint density at radius 3 is 2.67 bits per heavy atom. The van der Waals surface area contributed by atoms with Crippen LogP contribution in [0.25, 0.3) is 11.1 Å². The zero-order valence-electron chi connectivity index (χ0n) is 18.1. The zero-order chi connectivity index (χ0) is 23.4. The maximum Gasteiger partial charge on any atom is 0.296 e. The summed E-state index contributed by atoms with van der Waals surface area (Å²) < 4.78 is 11.3. The number of aryl methyl sites for hydroxylation is 1. The number of rotatable bonds is 7. The van der Waals surface area contributed by atoms with Crippen LogP contribution in [0.2, 0.25) is 5.02 Å². The van der Waals surface area contributed by atoms with Crippen LogP contribution in [0.4, 0.5) is 5.13 Å². The normalized spacial score (nSPS) is 11.6. The molecule has 1 amide bonds. The van der Waals surface area contributed by atoms with Crippen molar-refractivity contribution in [1.82, 2.24) is 20.2 Å². The van der Waals surface area contributed by atoms with E-state index in [1.807, 2.05) is 44.2 Å². The van der Waals surface area contributed by atoms with Gasteiger partial charge in [0.05, 0.1) is 23.4 Å². The number of hydrogen-bond donors (Lipinski definition) is 1. The maximum absolute atomic E-state index is 13.1. The second-order valence-electron chi connectivity index (χ2n) is 7.06. The van der Waals surface area contributed by atoms with Crippen molar-refractivity contribution in [3.8, 4) is 22.1 Å². The molecule has 0 radical (unpaired) electrons. The van der Waals surface area contributed by atoms with Gasteiger partial charge in [0.15, 0.2) is 0 Å². The number of carbonyl (C=O) groups excluding carboxylic acids is 1. The van der Waals surface area contributed by atoms with E-state index in [-0.39, 0.29) is 12.0 Å². The van der Waals surface area contributed by atoms with E-state index in [1.165, 1.54) is 0 Å². The molecule has 4 aromatic rings. The van der Waals surface area contributed by atoms with Crippen molar-refractivity contribution < 1.29 is 14.3 Å². The predicted molar refractivity (Wildman–Crippen MR) is 127 cm³/mol. The molecule has 0 saturated carbocycles. The van der Waals surface area contributed by atoms with E-state index in [4.69, 9.17) is 21.1 Å². The molecule has 0 aliphatic rings. The fourth-order valence-corrected chi connectivity index (χ4v) is 3.92. The number of pyridine rings is 2. The highest BCUT2D eigenvalue weighted by molar-refractivity contribution is 7.17. The Kier molecular flexibility index (Phi) is 6.81. The fraction of sp³-hybridized carbons (Fsp3) is 0.174. The lowest BCUT2D eigenvalue weighted by Crippen LogP contribution is -2.14. The van der Waals surface area contributed by atoms with Gasteiger partial charge in [-0.15, -0.1) is 5.10 Å². The first-order valence-electron chi connectivity index (χ1n) is 9.97. The summed E-state index contributed by atoms with van der Waals surface area (Å²) in [5, 5.41) is 12.0. The molecular weight excluding hydrogens is 462 g/mol. The van der Waals surface area contributed by atoms with Crippen molar-refractivity contribution in [2.75, 3.05) is 12.4 Å². The summed E-state index contributed by atoms with van der Waals surface area (Å²) in [6.07, 6.45) is 2.73. The molecule has 1 atom stereocenters. The molecule has 0 fully saturated rings. The molecule has 0 aliphatic heterocycles. The summed E-state index contributed by atoms with van der Waals surface area (Å²) >= 11 is 7.00. The minimum Gasteiger partial charge on any atom is -0.496 e. The summed E-state index contributed by atoms with van der Waals surface area (Å²) in [7, 11) is 1.59. The van der Waals surface area contributed by atoms with Crippen LogP contribution in [-0.4, -0.2) is 33.2 Å². The second kappa shape index (κ2) is 9.93. The van der Waals surface area contributed by atoms with Gasteiger partial charge in [-0.25, -0.2) is 0 Å². The van der Waals surface area contributed by atoms with Crippen LogP contribution in [0.1, 0.15) is 34.8 Å². The van der Waals surface area contributed by atoms with Gasteiger partial charge in [-0.2, -0.15) is 0 Å². The molecule has 8 nitrogen and oxygen atoms in total. The molecule has 10 heteroatoms. The maximum atomic E-state index is 13.1. The Balaban J connectivity index is 1.53. The van der Waals surface area contributed by atoms with E-state index in [0.717, 1.165) is 22.6 Å². The third kappa shape index (κ3) is 5.27. The van der Waals surface area contributed by atoms with Gasteiger partial charge in [0, 0.05) is 29.2 Å². The number of halogens is 1. The Hall–Kier alpha value is -3.56. The van der Waals surface area contributed by atoms with Crippen LogP contribution in [0.15, 0.2) is 54.9 Å². The number of nitrogens with zero attached hydrogens (tertiary/aromatic N) is 4. The average molecular weight is 482 g/mol. The number of methoxy groups -OCH3 is 1. The Morgan fingerprint density at radius 1 is 1.09 bits per heavy atom. The van der Waals surface area contributed by atoms with Gasteiger partial charge in [-0.1, -0.05) is 34.9 Å². The molecule has 3 aromatic heterocycles. The van der Waals surface area contributed by atoms with Gasteiger partial charge in [0.1, 0.15) is 11.9 Å². The molecule has 0 saturated heterocycles. The first-order chi connectivity index (χ1) is 15.9. The summed E-state index contributed by atoms with van der Waals surface area (Å²) in [5.74, 6) is 0.298. The SMILES string of the molecule is COc1ccccc1-c1cc(C)ncc1C(=O)Nc1nnc(OC(C)c2ccc(Cl)cn2)s1. The van der Waals surface area contributed by atoms with Crippen molar-refractivity contribution in [2.24, 2.45) is 0 Å². The second-order valence-corrected chi connectivity index (χ2v) is 8.44. The third-order valence-electron chi connectivity index (χ3n) is 4.75. The molecule has 0 bridgehead atoms.